The van der Waals surface area contributed by atoms with Crippen LogP contribution in [0.25, 0.3) is 0 Å². The van der Waals surface area contributed by atoms with Gasteiger partial charge in [0.15, 0.2) is 0 Å². The van der Waals surface area contributed by atoms with Gasteiger partial charge in [-0.15, -0.1) is 11.8 Å². The molecule has 1 N–H and O–H groups in total. The van der Waals surface area contributed by atoms with Crippen molar-refractivity contribution >= 4 is 43.7 Å². The molecule has 19 heavy (non-hydrogen) atoms. The van der Waals surface area contributed by atoms with Crippen molar-refractivity contribution in [2.45, 2.75) is 17.9 Å². The molecule has 1 fully saturated rings. The SMILES string of the molecule is Cc1ccc(S(=O)(=O)N2CSCC2C(=O)O)c(Br)c1. The third-order valence-corrected chi connectivity index (χ3v) is 6.81. The monoisotopic (exact) mass is 365 g/mol. The molecule has 0 bridgehead atoms. The van der Waals surface area contributed by atoms with Crippen LogP contribution < -0.4 is 0 Å². The number of halogens is 1. The molecular formula is C11H12BrNO4S2. The molecule has 1 aromatic carbocycles. The van der Waals surface area contributed by atoms with Crippen LogP contribution in [0.4, 0.5) is 0 Å². The molecule has 0 saturated carbocycles. The molecule has 1 heterocycles. The van der Waals surface area contributed by atoms with E-state index in [-0.39, 0.29) is 16.5 Å². The van der Waals surface area contributed by atoms with E-state index in [1.54, 1.807) is 12.1 Å². The first-order valence-corrected chi connectivity index (χ1v) is 8.81. The number of hydrogen-bond donors (Lipinski definition) is 1. The van der Waals surface area contributed by atoms with Gasteiger partial charge in [0, 0.05) is 10.2 Å². The fourth-order valence-electron chi connectivity index (χ4n) is 1.80. The lowest BCUT2D eigenvalue weighted by molar-refractivity contribution is -0.140. The number of benzene rings is 1. The Morgan fingerprint density at radius 2 is 2.21 bits per heavy atom. The highest BCUT2D eigenvalue weighted by atomic mass is 79.9. The number of carboxylic acid groups (broad SMARTS) is 1. The zero-order chi connectivity index (χ0) is 14.2. The zero-order valence-electron chi connectivity index (χ0n) is 10.0. The predicted molar refractivity (Wildman–Crippen MR) is 76.7 cm³/mol. The number of aliphatic carboxylic acids is 1. The number of sulfonamides is 1. The molecule has 1 aromatic rings. The van der Waals surface area contributed by atoms with Crippen LogP contribution in [0.2, 0.25) is 0 Å². The van der Waals surface area contributed by atoms with E-state index in [1.165, 1.54) is 17.8 Å². The molecule has 1 saturated heterocycles. The lowest BCUT2D eigenvalue weighted by atomic mass is 10.2. The summed E-state index contributed by atoms with van der Waals surface area (Å²) in [6.45, 7) is 1.85. The van der Waals surface area contributed by atoms with E-state index in [1.807, 2.05) is 6.92 Å². The second-order valence-corrected chi connectivity index (χ2v) is 7.89. The molecule has 5 nitrogen and oxygen atoms in total. The number of carbonyl (C=O) groups is 1. The van der Waals surface area contributed by atoms with Crippen LogP contribution in [0.1, 0.15) is 5.56 Å². The van der Waals surface area contributed by atoms with Crippen molar-refractivity contribution in [2.75, 3.05) is 11.6 Å². The maximum Gasteiger partial charge on any atom is 0.322 e. The van der Waals surface area contributed by atoms with E-state index in [0.29, 0.717) is 4.47 Å². The predicted octanol–water partition coefficient (Wildman–Crippen LogP) is 1.91. The summed E-state index contributed by atoms with van der Waals surface area (Å²) >= 11 is 4.53. The molecule has 1 atom stereocenters. The van der Waals surface area contributed by atoms with Gasteiger partial charge < -0.3 is 5.11 Å². The first-order valence-electron chi connectivity index (χ1n) is 5.42. The van der Waals surface area contributed by atoms with Crippen molar-refractivity contribution in [2.24, 2.45) is 0 Å². The fourth-order valence-corrected chi connectivity index (χ4v) is 6.09. The maximum atomic E-state index is 12.5. The van der Waals surface area contributed by atoms with Crippen LogP contribution in [0.15, 0.2) is 27.6 Å². The number of carboxylic acids is 1. The summed E-state index contributed by atoms with van der Waals surface area (Å²) in [7, 11) is -3.80. The Balaban J connectivity index is 2.45. The quantitative estimate of drug-likeness (QED) is 0.885. The largest absolute Gasteiger partial charge is 0.480 e. The second kappa shape index (κ2) is 5.43. The summed E-state index contributed by atoms with van der Waals surface area (Å²) in [6, 6.07) is 3.89. The Kier molecular flexibility index (Phi) is 4.24. The van der Waals surface area contributed by atoms with Gasteiger partial charge in [-0.3, -0.25) is 4.79 Å². The van der Waals surface area contributed by atoms with Crippen LogP contribution >= 0.6 is 27.7 Å². The van der Waals surface area contributed by atoms with Crippen molar-refractivity contribution in [3.8, 4) is 0 Å². The molecule has 0 aromatic heterocycles. The third-order valence-electron chi connectivity index (χ3n) is 2.80. The van der Waals surface area contributed by atoms with E-state index in [4.69, 9.17) is 5.11 Å². The van der Waals surface area contributed by atoms with Gasteiger partial charge in [0.1, 0.15) is 6.04 Å². The smallest absolute Gasteiger partial charge is 0.322 e. The summed E-state index contributed by atoms with van der Waals surface area (Å²) in [5, 5.41) is 9.08. The molecule has 2 rings (SSSR count). The minimum absolute atomic E-state index is 0.104. The van der Waals surface area contributed by atoms with E-state index >= 15 is 0 Å². The minimum Gasteiger partial charge on any atom is -0.480 e. The van der Waals surface area contributed by atoms with Crippen LogP contribution in [-0.4, -0.2) is 41.5 Å². The van der Waals surface area contributed by atoms with Gasteiger partial charge in [-0.2, -0.15) is 4.31 Å². The summed E-state index contributed by atoms with van der Waals surface area (Å²) in [5.41, 5.74) is 0.927. The fraction of sp³-hybridized carbons (Fsp3) is 0.364. The van der Waals surface area contributed by atoms with Crippen molar-refractivity contribution in [3.05, 3.63) is 28.2 Å². The lowest BCUT2D eigenvalue weighted by Gasteiger charge is -2.20. The van der Waals surface area contributed by atoms with Crippen LogP contribution in [0, 0.1) is 6.92 Å². The number of nitrogens with zero attached hydrogens (tertiary/aromatic N) is 1. The van der Waals surface area contributed by atoms with Gasteiger partial charge in [-0.05, 0) is 40.5 Å². The maximum absolute atomic E-state index is 12.5. The minimum atomic E-state index is -3.80. The molecule has 0 radical (unpaired) electrons. The summed E-state index contributed by atoms with van der Waals surface area (Å²) in [6.07, 6.45) is 0. The topological polar surface area (TPSA) is 74.7 Å². The zero-order valence-corrected chi connectivity index (χ0v) is 13.3. The Morgan fingerprint density at radius 3 is 2.79 bits per heavy atom. The summed E-state index contributed by atoms with van der Waals surface area (Å²) in [4.78, 5) is 11.2. The summed E-state index contributed by atoms with van der Waals surface area (Å²) in [5.74, 6) is -0.672. The first kappa shape index (κ1) is 14.8. The van der Waals surface area contributed by atoms with Crippen LogP contribution in [-0.2, 0) is 14.8 Å². The van der Waals surface area contributed by atoms with Crippen molar-refractivity contribution in [3.63, 3.8) is 0 Å². The van der Waals surface area contributed by atoms with Gasteiger partial charge >= 0.3 is 5.97 Å². The lowest BCUT2D eigenvalue weighted by Crippen LogP contribution is -2.41. The number of hydrogen-bond acceptors (Lipinski definition) is 4. The number of rotatable bonds is 3. The van der Waals surface area contributed by atoms with Gasteiger partial charge in [0.2, 0.25) is 10.0 Å². The van der Waals surface area contributed by atoms with Crippen molar-refractivity contribution in [1.29, 1.82) is 0 Å². The van der Waals surface area contributed by atoms with Gasteiger partial charge in [0.25, 0.3) is 0 Å². The Labute approximate surface area is 124 Å². The molecule has 0 spiro atoms. The van der Waals surface area contributed by atoms with Crippen LogP contribution in [0.5, 0.6) is 0 Å². The Morgan fingerprint density at radius 1 is 1.53 bits per heavy atom. The molecule has 0 amide bonds. The first-order chi connectivity index (χ1) is 8.84. The molecular weight excluding hydrogens is 354 g/mol. The summed E-state index contributed by atoms with van der Waals surface area (Å²) < 4.78 is 26.5. The third kappa shape index (κ3) is 2.81. The van der Waals surface area contributed by atoms with Crippen molar-refractivity contribution < 1.29 is 18.3 Å². The van der Waals surface area contributed by atoms with E-state index in [2.05, 4.69) is 15.9 Å². The Hall–Kier alpha value is -0.570. The van der Waals surface area contributed by atoms with E-state index in [9.17, 15) is 13.2 Å². The normalized spacial score (nSPS) is 20.6. The Bertz CT molecular complexity index is 617. The molecule has 1 unspecified atom stereocenters. The standard InChI is InChI=1S/C11H12BrNO4S2/c1-7-2-3-10(8(12)4-7)19(16,17)13-6-18-5-9(13)11(14)15/h2-4,9H,5-6H2,1H3,(H,14,15). The van der Waals surface area contributed by atoms with Gasteiger partial charge in [-0.1, -0.05) is 6.07 Å². The van der Waals surface area contributed by atoms with E-state index < -0.39 is 22.0 Å². The highest BCUT2D eigenvalue weighted by Gasteiger charge is 2.40. The van der Waals surface area contributed by atoms with Crippen LogP contribution in [0.3, 0.4) is 0 Å². The molecule has 104 valence electrons. The highest BCUT2D eigenvalue weighted by molar-refractivity contribution is 9.10. The average Bonchev–Trinajstić information content (AvgIpc) is 2.77. The molecule has 1 aliphatic heterocycles. The van der Waals surface area contributed by atoms with Gasteiger partial charge in [0.05, 0.1) is 10.8 Å². The van der Waals surface area contributed by atoms with Gasteiger partial charge in [-0.25, -0.2) is 8.42 Å². The molecule has 8 heteroatoms. The average molecular weight is 366 g/mol. The second-order valence-electron chi connectivity index (χ2n) is 4.18. The number of thioether (sulfide) groups is 1. The molecule has 0 aliphatic carbocycles. The number of aryl methyl sites for hydroxylation is 1. The van der Waals surface area contributed by atoms with Crippen molar-refractivity contribution in [1.82, 2.24) is 4.31 Å². The van der Waals surface area contributed by atoms with E-state index in [0.717, 1.165) is 9.87 Å². The highest BCUT2D eigenvalue weighted by Crippen LogP contribution is 2.32. The molecule has 1 aliphatic rings.